The summed E-state index contributed by atoms with van der Waals surface area (Å²) >= 11 is 0. The zero-order valence-electron chi connectivity index (χ0n) is 11.3. The Kier molecular flexibility index (Phi) is 3.60. The molecule has 1 aliphatic heterocycles. The van der Waals surface area contributed by atoms with Crippen molar-refractivity contribution in [2.75, 3.05) is 13.1 Å². The molecule has 1 saturated heterocycles. The standard InChI is InChI=1S/C14H18N2O3S/c17-13(11-6-7-11)12-5-4-8-15-14(12)20(18,19)16-9-2-1-3-10-16/h4-5,8,11H,1-3,6-7,9-10H2. The summed E-state index contributed by atoms with van der Waals surface area (Å²) in [5, 5.41) is -0.0567. The van der Waals surface area contributed by atoms with E-state index in [4.69, 9.17) is 0 Å². The minimum atomic E-state index is -3.64. The van der Waals surface area contributed by atoms with E-state index in [1.54, 1.807) is 12.1 Å². The van der Waals surface area contributed by atoms with E-state index in [0.717, 1.165) is 32.1 Å². The average Bonchev–Trinajstić information content (AvgIpc) is 3.32. The van der Waals surface area contributed by atoms with Crippen molar-refractivity contribution in [2.45, 2.75) is 37.1 Å². The average molecular weight is 294 g/mol. The maximum Gasteiger partial charge on any atom is 0.261 e. The molecule has 2 fully saturated rings. The summed E-state index contributed by atoms with van der Waals surface area (Å²) in [4.78, 5) is 16.2. The van der Waals surface area contributed by atoms with E-state index in [1.807, 2.05) is 0 Å². The maximum absolute atomic E-state index is 12.7. The Hall–Kier alpha value is -1.27. The van der Waals surface area contributed by atoms with Gasteiger partial charge in [-0.15, -0.1) is 0 Å². The Balaban J connectivity index is 1.98. The van der Waals surface area contributed by atoms with Crippen molar-refractivity contribution in [3.8, 4) is 0 Å². The summed E-state index contributed by atoms with van der Waals surface area (Å²) in [7, 11) is -3.64. The summed E-state index contributed by atoms with van der Waals surface area (Å²) in [6, 6.07) is 3.22. The number of ketones is 1. The lowest BCUT2D eigenvalue weighted by Crippen LogP contribution is -2.36. The highest BCUT2D eigenvalue weighted by atomic mass is 32.2. The molecule has 0 N–H and O–H groups in total. The van der Waals surface area contributed by atoms with E-state index in [-0.39, 0.29) is 22.3 Å². The molecule has 1 aliphatic carbocycles. The van der Waals surface area contributed by atoms with Gasteiger partial charge < -0.3 is 0 Å². The highest BCUT2D eigenvalue weighted by Crippen LogP contribution is 2.34. The monoisotopic (exact) mass is 294 g/mol. The van der Waals surface area contributed by atoms with Crippen molar-refractivity contribution in [3.05, 3.63) is 23.9 Å². The van der Waals surface area contributed by atoms with Crippen molar-refractivity contribution in [1.29, 1.82) is 0 Å². The Morgan fingerprint density at radius 3 is 2.55 bits per heavy atom. The van der Waals surface area contributed by atoms with Gasteiger partial charge in [-0.05, 0) is 37.8 Å². The molecule has 1 aromatic rings. The van der Waals surface area contributed by atoms with Gasteiger partial charge in [0.2, 0.25) is 0 Å². The Morgan fingerprint density at radius 1 is 1.20 bits per heavy atom. The zero-order valence-corrected chi connectivity index (χ0v) is 12.1. The number of nitrogens with zero attached hydrogens (tertiary/aromatic N) is 2. The van der Waals surface area contributed by atoms with Crippen molar-refractivity contribution in [3.63, 3.8) is 0 Å². The second-order valence-electron chi connectivity index (χ2n) is 5.46. The van der Waals surface area contributed by atoms with Crippen LogP contribution in [-0.4, -0.2) is 36.6 Å². The van der Waals surface area contributed by atoms with Gasteiger partial charge in [0.25, 0.3) is 10.0 Å². The molecule has 108 valence electrons. The largest absolute Gasteiger partial charge is 0.294 e. The molecule has 6 heteroatoms. The first-order valence-corrected chi connectivity index (χ1v) is 8.54. The van der Waals surface area contributed by atoms with Gasteiger partial charge in [0.15, 0.2) is 10.8 Å². The first kappa shape index (κ1) is 13.7. The van der Waals surface area contributed by atoms with Gasteiger partial charge in [-0.25, -0.2) is 13.4 Å². The van der Waals surface area contributed by atoms with E-state index >= 15 is 0 Å². The highest BCUT2D eigenvalue weighted by molar-refractivity contribution is 7.89. The van der Waals surface area contributed by atoms with Crippen molar-refractivity contribution < 1.29 is 13.2 Å². The molecule has 0 aromatic carbocycles. The van der Waals surface area contributed by atoms with Crippen LogP contribution in [0.3, 0.4) is 0 Å². The van der Waals surface area contributed by atoms with E-state index in [9.17, 15) is 13.2 Å². The topological polar surface area (TPSA) is 67.3 Å². The molecule has 0 amide bonds. The van der Waals surface area contributed by atoms with Crippen LogP contribution in [0.5, 0.6) is 0 Å². The fourth-order valence-corrected chi connectivity index (χ4v) is 4.20. The van der Waals surface area contributed by atoms with Crippen LogP contribution >= 0.6 is 0 Å². The van der Waals surface area contributed by atoms with Gasteiger partial charge >= 0.3 is 0 Å². The number of aromatic nitrogens is 1. The third-order valence-corrected chi connectivity index (χ3v) is 5.74. The molecular formula is C14H18N2O3S. The number of carbonyl (C=O) groups excluding carboxylic acids is 1. The van der Waals surface area contributed by atoms with Crippen molar-refractivity contribution >= 4 is 15.8 Å². The fourth-order valence-electron chi connectivity index (χ4n) is 2.58. The van der Waals surface area contributed by atoms with Gasteiger partial charge in [0.1, 0.15) is 0 Å². The first-order chi connectivity index (χ1) is 9.60. The van der Waals surface area contributed by atoms with E-state index in [2.05, 4.69) is 4.98 Å². The third-order valence-electron chi connectivity index (χ3n) is 3.88. The zero-order chi connectivity index (χ0) is 14.2. The van der Waals surface area contributed by atoms with Crippen LogP contribution in [0.1, 0.15) is 42.5 Å². The minimum Gasteiger partial charge on any atom is -0.294 e. The molecule has 20 heavy (non-hydrogen) atoms. The van der Waals surface area contributed by atoms with Crippen molar-refractivity contribution in [1.82, 2.24) is 9.29 Å². The third kappa shape index (κ3) is 2.50. The van der Waals surface area contributed by atoms with Crippen LogP contribution in [0, 0.1) is 5.92 Å². The second-order valence-corrected chi connectivity index (χ2v) is 7.31. The lowest BCUT2D eigenvalue weighted by molar-refractivity contribution is 0.0963. The molecule has 0 radical (unpaired) electrons. The number of sulfonamides is 1. The summed E-state index contributed by atoms with van der Waals surface area (Å²) in [6.07, 6.45) is 5.96. The van der Waals surface area contributed by atoms with Gasteiger partial charge in [-0.1, -0.05) is 6.42 Å². The van der Waals surface area contributed by atoms with Crippen LogP contribution < -0.4 is 0 Å². The Labute approximate surface area is 119 Å². The van der Waals surface area contributed by atoms with E-state index in [0.29, 0.717) is 13.1 Å². The molecule has 0 bridgehead atoms. The molecular weight excluding hydrogens is 276 g/mol. The molecule has 1 aromatic heterocycles. The molecule has 2 aliphatic rings. The van der Waals surface area contributed by atoms with Crippen molar-refractivity contribution in [2.24, 2.45) is 5.92 Å². The smallest absolute Gasteiger partial charge is 0.261 e. The van der Waals surface area contributed by atoms with Crippen LogP contribution in [-0.2, 0) is 10.0 Å². The number of carbonyl (C=O) groups is 1. The minimum absolute atomic E-state index is 0.00509. The SMILES string of the molecule is O=C(c1cccnc1S(=O)(=O)N1CCCCC1)C1CC1. The Morgan fingerprint density at radius 2 is 1.90 bits per heavy atom. The van der Waals surface area contributed by atoms with Crippen LogP contribution in [0.2, 0.25) is 0 Å². The molecule has 0 spiro atoms. The van der Waals surface area contributed by atoms with E-state index in [1.165, 1.54) is 10.5 Å². The van der Waals surface area contributed by atoms with Gasteiger partial charge in [0.05, 0.1) is 5.56 Å². The fraction of sp³-hybridized carbons (Fsp3) is 0.571. The molecule has 3 rings (SSSR count). The van der Waals surface area contributed by atoms with Gasteiger partial charge in [-0.3, -0.25) is 4.79 Å². The van der Waals surface area contributed by atoms with Crippen LogP contribution in [0.4, 0.5) is 0 Å². The van der Waals surface area contributed by atoms with Gasteiger partial charge in [-0.2, -0.15) is 4.31 Å². The summed E-state index contributed by atoms with van der Waals surface area (Å²) < 4.78 is 26.8. The van der Waals surface area contributed by atoms with Gasteiger partial charge in [0, 0.05) is 25.2 Å². The Bertz CT molecular complexity index is 617. The highest BCUT2D eigenvalue weighted by Gasteiger charge is 2.36. The number of hydrogen-bond donors (Lipinski definition) is 0. The number of rotatable bonds is 4. The first-order valence-electron chi connectivity index (χ1n) is 7.10. The number of Topliss-reactive ketones (excluding diaryl/α,β-unsaturated/α-hetero) is 1. The lowest BCUT2D eigenvalue weighted by atomic mass is 10.1. The number of piperidine rings is 1. The molecule has 0 unspecified atom stereocenters. The maximum atomic E-state index is 12.7. The molecule has 0 atom stereocenters. The predicted molar refractivity (Wildman–Crippen MR) is 73.9 cm³/mol. The van der Waals surface area contributed by atoms with E-state index < -0.39 is 10.0 Å². The summed E-state index contributed by atoms with van der Waals surface area (Å²) in [6.45, 7) is 1.05. The predicted octanol–water partition coefficient (Wildman–Crippen LogP) is 1.85. The lowest BCUT2D eigenvalue weighted by Gasteiger charge is -2.26. The van der Waals surface area contributed by atoms with Crippen LogP contribution in [0.15, 0.2) is 23.4 Å². The second kappa shape index (κ2) is 5.26. The number of pyridine rings is 1. The summed E-state index contributed by atoms with van der Waals surface area (Å²) in [5.74, 6) is -0.0804. The normalized spacial score (nSPS) is 20.8. The quantitative estimate of drug-likeness (QED) is 0.795. The molecule has 2 heterocycles. The molecule has 1 saturated carbocycles. The molecule has 5 nitrogen and oxygen atoms in total. The number of hydrogen-bond acceptors (Lipinski definition) is 4. The van der Waals surface area contributed by atoms with Crippen LogP contribution in [0.25, 0.3) is 0 Å². The summed E-state index contributed by atoms with van der Waals surface area (Å²) in [5.41, 5.74) is 0.264.